The average molecular weight is 344 g/mol. The van der Waals surface area contributed by atoms with Gasteiger partial charge in [-0.3, -0.25) is 15.1 Å². The summed E-state index contributed by atoms with van der Waals surface area (Å²) in [5.41, 5.74) is 0.213. The second-order valence-electron chi connectivity index (χ2n) is 4.56. The van der Waals surface area contributed by atoms with Gasteiger partial charge in [0.1, 0.15) is 12.1 Å². The fraction of sp³-hybridized carbons (Fsp3) is 0. The molecule has 2 heterocycles. The van der Waals surface area contributed by atoms with Gasteiger partial charge in [-0.15, -0.1) is 0 Å². The zero-order chi connectivity index (χ0) is 16.9. The predicted molar refractivity (Wildman–Crippen MR) is 87.7 cm³/mol. The Hall–Kier alpha value is -3.26. The lowest BCUT2D eigenvalue weighted by molar-refractivity contribution is -0.385. The van der Waals surface area contributed by atoms with Crippen molar-refractivity contribution < 1.29 is 9.66 Å². The molecule has 1 aromatic carbocycles. The number of hydrogen-bond donors (Lipinski definition) is 1. The standard InChI is InChI=1S/C15H10ClN5O3/c16-10-3-5-11(6-4-10)20-14-13(21(22)23)15(19-9-18-14)24-12-2-1-7-17-8-12/h1-9H,(H,18,19,20). The fourth-order valence-corrected chi connectivity index (χ4v) is 2.01. The Labute approximate surface area is 141 Å². The highest BCUT2D eigenvalue weighted by Crippen LogP contribution is 2.35. The molecule has 3 rings (SSSR count). The lowest BCUT2D eigenvalue weighted by Crippen LogP contribution is -2.03. The topological polar surface area (TPSA) is 103 Å². The van der Waals surface area contributed by atoms with Gasteiger partial charge in [-0.1, -0.05) is 11.6 Å². The highest BCUT2D eigenvalue weighted by atomic mass is 35.5. The van der Waals surface area contributed by atoms with Gasteiger partial charge in [0.2, 0.25) is 5.82 Å². The van der Waals surface area contributed by atoms with Crippen molar-refractivity contribution in [3.05, 3.63) is 70.3 Å². The Balaban J connectivity index is 1.96. The van der Waals surface area contributed by atoms with Crippen LogP contribution in [0.4, 0.5) is 17.2 Å². The third kappa shape index (κ3) is 3.55. The van der Waals surface area contributed by atoms with Gasteiger partial charge in [-0.2, -0.15) is 4.98 Å². The maximum absolute atomic E-state index is 11.4. The molecule has 0 amide bonds. The van der Waals surface area contributed by atoms with Gasteiger partial charge >= 0.3 is 11.6 Å². The van der Waals surface area contributed by atoms with E-state index in [0.29, 0.717) is 16.5 Å². The van der Waals surface area contributed by atoms with Crippen LogP contribution in [0.15, 0.2) is 55.1 Å². The van der Waals surface area contributed by atoms with Crippen LogP contribution in [0.25, 0.3) is 0 Å². The minimum Gasteiger partial charge on any atom is -0.432 e. The summed E-state index contributed by atoms with van der Waals surface area (Å²) in [6, 6.07) is 9.93. The molecule has 2 aromatic heterocycles. The molecule has 0 aliphatic rings. The third-order valence-corrected chi connectivity index (χ3v) is 3.18. The zero-order valence-corrected chi connectivity index (χ0v) is 12.8. The number of ether oxygens (including phenoxy) is 1. The highest BCUT2D eigenvalue weighted by Gasteiger charge is 2.25. The van der Waals surface area contributed by atoms with E-state index in [1.807, 2.05) is 0 Å². The molecule has 0 saturated heterocycles. The Morgan fingerprint density at radius 2 is 1.96 bits per heavy atom. The first-order chi connectivity index (χ1) is 11.6. The second-order valence-corrected chi connectivity index (χ2v) is 4.99. The number of benzene rings is 1. The van der Waals surface area contributed by atoms with Gasteiger partial charge in [-0.05, 0) is 36.4 Å². The van der Waals surface area contributed by atoms with Crippen molar-refractivity contribution >= 4 is 28.8 Å². The van der Waals surface area contributed by atoms with Crippen molar-refractivity contribution in [1.82, 2.24) is 15.0 Å². The van der Waals surface area contributed by atoms with Crippen LogP contribution >= 0.6 is 11.6 Å². The van der Waals surface area contributed by atoms with Crippen LogP contribution in [0, 0.1) is 10.1 Å². The summed E-state index contributed by atoms with van der Waals surface area (Å²) in [6.07, 6.45) is 4.17. The molecule has 0 spiro atoms. The van der Waals surface area contributed by atoms with E-state index >= 15 is 0 Å². The van der Waals surface area contributed by atoms with Gasteiger partial charge in [0, 0.05) is 16.9 Å². The number of nitro groups is 1. The molecule has 9 heteroatoms. The van der Waals surface area contributed by atoms with Gasteiger partial charge in [0.15, 0.2) is 0 Å². The molecule has 24 heavy (non-hydrogen) atoms. The highest BCUT2D eigenvalue weighted by molar-refractivity contribution is 6.30. The number of nitrogens with zero attached hydrogens (tertiary/aromatic N) is 4. The SMILES string of the molecule is O=[N+]([O-])c1c(Nc2ccc(Cl)cc2)ncnc1Oc1cccnc1. The van der Waals surface area contributed by atoms with Gasteiger partial charge in [-0.25, -0.2) is 4.98 Å². The minimum absolute atomic E-state index is 0.0104. The molecular weight excluding hydrogens is 334 g/mol. The molecule has 0 fully saturated rings. The summed E-state index contributed by atoms with van der Waals surface area (Å²) in [7, 11) is 0. The smallest absolute Gasteiger partial charge is 0.373 e. The average Bonchev–Trinajstić information content (AvgIpc) is 2.58. The van der Waals surface area contributed by atoms with Crippen LogP contribution in [0.2, 0.25) is 5.02 Å². The minimum atomic E-state index is -0.607. The molecule has 0 saturated carbocycles. The Morgan fingerprint density at radius 1 is 1.17 bits per heavy atom. The van der Waals surface area contributed by atoms with Gasteiger partial charge in [0.25, 0.3) is 0 Å². The molecule has 8 nitrogen and oxygen atoms in total. The molecule has 120 valence electrons. The second kappa shape index (κ2) is 6.88. The Morgan fingerprint density at radius 3 is 2.62 bits per heavy atom. The number of pyridine rings is 1. The van der Waals surface area contributed by atoms with Gasteiger partial charge in [0.05, 0.1) is 11.1 Å². The van der Waals surface area contributed by atoms with Crippen LogP contribution in [0.5, 0.6) is 11.6 Å². The number of rotatable bonds is 5. The van der Waals surface area contributed by atoms with E-state index in [9.17, 15) is 10.1 Å². The molecule has 3 aromatic rings. The Bertz CT molecular complexity index is 859. The summed E-state index contributed by atoms with van der Waals surface area (Å²) in [5.74, 6) is 0.160. The largest absolute Gasteiger partial charge is 0.432 e. The van der Waals surface area contributed by atoms with Crippen molar-refractivity contribution in [3.8, 4) is 11.6 Å². The molecular formula is C15H10ClN5O3. The summed E-state index contributed by atoms with van der Waals surface area (Å²) in [6.45, 7) is 0. The van der Waals surface area contributed by atoms with Crippen molar-refractivity contribution in [2.75, 3.05) is 5.32 Å². The lowest BCUT2D eigenvalue weighted by atomic mass is 10.3. The van der Waals surface area contributed by atoms with Crippen LogP contribution in [-0.4, -0.2) is 19.9 Å². The first-order valence-corrected chi connectivity index (χ1v) is 7.11. The molecule has 1 N–H and O–H groups in total. The summed E-state index contributed by atoms with van der Waals surface area (Å²) in [4.78, 5) is 22.5. The fourth-order valence-electron chi connectivity index (χ4n) is 1.88. The van der Waals surface area contributed by atoms with Crippen molar-refractivity contribution in [2.45, 2.75) is 0 Å². The lowest BCUT2D eigenvalue weighted by Gasteiger charge is -2.09. The number of anilines is 2. The Kier molecular flexibility index (Phi) is 4.48. The van der Waals surface area contributed by atoms with E-state index in [1.165, 1.54) is 12.5 Å². The van der Waals surface area contributed by atoms with E-state index in [2.05, 4.69) is 20.3 Å². The van der Waals surface area contributed by atoms with Gasteiger partial charge < -0.3 is 10.1 Å². The van der Waals surface area contributed by atoms with E-state index in [0.717, 1.165) is 0 Å². The molecule has 0 bridgehead atoms. The third-order valence-electron chi connectivity index (χ3n) is 2.93. The predicted octanol–water partition coefficient (Wildman–Crippen LogP) is 3.97. The van der Waals surface area contributed by atoms with Crippen LogP contribution in [0.1, 0.15) is 0 Å². The number of hydrogen-bond acceptors (Lipinski definition) is 7. The molecule has 0 atom stereocenters. The quantitative estimate of drug-likeness (QED) is 0.552. The molecule has 0 unspecified atom stereocenters. The molecule has 0 radical (unpaired) electrons. The van der Waals surface area contributed by atoms with Crippen LogP contribution in [0.3, 0.4) is 0 Å². The number of halogens is 1. The summed E-state index contributed by atoms with van der Waals surface area (Å²) in [5, 5.41) is 14.9. The van der Waals surface area contributed by atoms with Crippen molar-refractivity contribution in [1.29, 1.82) is 0 Å². The molecule has 0 aliphatic carbocycles. The van der Waals surface area contributed by atoms with Crippen molar-refractivity contribution in [3.63, 3.8) is 0 Å². The van der Waals surface area contributed by atoms with E-state index in [-0.39, 0.29) is 17.4 Å². The zero-order valence-electron chi connectivity index (χ0n) is 12.1. The first-order valence-electron chi connectivity index (χ1n) is 6.73. The monoisotopic (exact) mass is 343 g/mol. The van der Waals surface area contributed by atoms with E-state index < -0.39 is 4.92 Å². The number of aromatic nitrogens is 3. The summed E-state index contributed by atoms with van der Waals surface area (Å²) < 4.78 is 5.45. The maximum atomic E-state index is 11.4. The van der Waals surface area contributed by atoms with E-state index in [1.54, 1.807) is 42.6 Å². The number of nitrogens with one attached hydrogen (secondary N) is 1. The van der Waals surface area contributed by atoms with Crippen molar-refractivity contribution in [2.24, 2.45) is 0 Å². The molecule has 0 aliphatic heterocycles. The van der Waals surface area contributed by atoms with Crippen LogP contribution in [-0.2, 0) is 0 Å². The maximum Gasteiger partial charge on any atom is 0.373 e. The summed E-state index contributed by atoms with van der Waals surface area (Å²) >= 11 is 5.82. The van der Waals surface area contributed by atoms with Crippen LogP contribution < -0.4 is 10.1 Å². The normalized spacial score (nSPS) is 10.2. The first kappa shape index (κ1) is 15.6. The van der Waals surface area contributed by atoms with E-state index in [4.69, 9.17) is 16.3 Å².